The van der Waals surface area contributed by atoms with Crippen LogP contribution in [0.25, 0.3) is 0 Å². The second-order valence-corrected chi connectivity index (χ2v) is 6.52. The van der Waals surface area contributed by atoms with E-state index in [1.54, 1.807) is 0 Å². The minimum Gasteiger partial charge on any atom is -0.398 e. The van der Waals surface area contributed by atoms with Crippen molar-refractivity contribution in [3.8, 4) is 0 Å². The number of morpholine rings is 1. The molecule has 5 nitrogen and oxygen atoms in total. The molecular weight excluding hydrogens is 276 g/mol. The average molecular weight is 291 g/mol. The van der Waals surface area contributed by atoms with Gasteiger partial charge in [0.05, 0.1) is 18.9 Å². The topological polar surface area (TPSA) is 72.6 Å². The van der Waals surface area contributed by atoms with E-state index in [0.29, 0.717) is 24.8 Å². The molecule has 1 aromatic rings. The molecule has 7 heteroatoms. The Morgan fingerprint density at radius 2 is 2.22 bits per heavy atom. The second-order valence-electron chi connectivity index (χ2n) is 4.22. The van der Waals surface area contributed by atoms with Gasteiger partial charge in [0.2, 0.25) is 10.0 Å². The van der Waals surface area contributed by atoms with Crippen LogP contribution in [-0.2, 0) is 14.8 Å². The van der Waals surface area contributed by atoms with Crippen molar-refractivity contribution in [1.29, 1.82) is 0 Å². The third-order valence-electron chi connectivity index (χ3n) is 2.87. The van der Waals surface area contributed by atoms with Crippen LogP contribution in [0.15, 0.2) is 23.1 Å². The van der Waals surface area contributed by atoms with Gasteiger partial charge in [0.15, 0.2) is 0 Å². The first-order valence-corrected chi connectivity index (χ1v) is 7.39. The van der Waals surface area contributed by atoms with Crippen LogP contribution < -0.4 is 5.73 Å². The largest absolute Gasteiger partial charge is 0.398 e. The number of sulfonamides is 1. The van der Waals surface area contributed by atoms with Gasteiger partial charge >= 0.3 is 0 Å². The Kier molecular flexibility index (Phi) is 3.82. The first-order chi connectivity index (χ1) is 8.43. The Hall–Kier alpha value is -0.820. The molecule has 0 bridgehead atoms. The van der Waals surface area contributed by atoms with Crippen molar-refractivity contribution >= 4 is 27.3 Å². The zero-order valence-electron chi connectivity index (χ0n) is 9.97. The van der Waals surface area contributed by atoms with Crippen molar-refractivity contribution < 1.29 is 13.2 Å². The fraction of sp³-hybridized carbons (Fsp3) is 0.455. The molecule has 0 aromatic heterocycles. The molecule has 100 valence electrons. The van der Waals surface area contributed by atoms with Crippen molar-refractivity contribution in [3.63, 3.8) is 0 Å². The maximum absolute atomic E-state index is 12.5. The Morgan fingerprint density at radius 3 is 2.83 bits per heavy atom. The summed E-state index contributed by atoms with van der Waals surface area (Å²) >= 11 is 5.77. The predicted octanol–water partition coefficient (Wildman–Crippen LogP) is 1.33. The summed E-state index contributed by atoms with van der Waals surface area (Å²) in [6.45, 7) is 2.94. The summed E-state index contributed by atoms with van der Waals surface area (Å²) in [4.78, 5) is 0.0978. The van der Waals surface area contributed by atoms with Crippen LogP contribution in [0, 0.1) is 0 Å². The summed E-state index contributed by atoms with van der Waals surface area (Å²) in [6, 6.07) is 4.21. The molecule has 2 rings (SSSR count). The molecule has 1 heterocycles. The van der Waals surface area contributed by atoms with E-state index in [-0.39, 0.29) is 16.6 Å². The van der Waals surface area contributed by atoms with Crippen molar-refractivity contribution in [3.05, 3.63) is 23.2 Å². The van der Waals surface area contributed by atoms with Gasteiger partial charge in [-0.1, -0.05) is 11.6 Å². The third-order valence-corrected chi connectivity index (χ3v) is 5.19. The molecule has 0 spiro atoms. The number of nitrogens with two attached hydrogens (primary N) is 1. The minimum absolute atomic E-state index is 0.0978. The standard InChI is InChI=1S/C11H15ClN2O3S/c1-8-7-17-5-4-14(8)18(15,16)11-3-2-9(12)6-10(11)13/h2-3,6,8H,4-5,7,13H2,1H3. The first-order valence-electron chi connectivity index (χ1n) is 5.57. The van der Waals surface area contributed by atoms with E-state index in [0.717, 1.165) is 0 Å². The molecule has 1 aromatic carbocycles. The van der Waals surface area contributed by atoms with Crippen LogP contribution in [0.1, 0.15) is 6.92 Å². The third kappa shape index (κ3) is 2.47. The fourth-order valence-electron chi connectivity index (χ4n) is 1.95. The summed E-state index contributed by atoms with van der Waals surface area (Å²) in [5.41, 5.74) is 5.91. The molecule has 1 aliphatic rings. The summed E-state index contributed by atoms with van der Waals surface area (Å²) in [6.07, 6.45) is 0. The second kappa shape index (κ2) is 5.05. The van der Waals surface area contributed by atoms with Gasteiger partial charge in [0.1, 0.15) is 4.90 Å². The van der Waals surface area contributed by atoms with Gasteiger partial charge in [-0.15, -0.1) is 0 Å². The van der Waals surface area contributed by atoms with E-state index < -0.39 is 10.0 Å². The van der Waals surface area contributed by atoms with Gasteiger partial charge in [0.25, 0.3) is 0 Å². The molecule has 1 atom stereocenters. The van der Waals surface area contributed by atoms with E-state index in [4.69, 9.17) is 22.1 Å². The molecule has 2 N–H and O–H groups in total. The molecule has 1 saturated heterocycles. The summed E-state index contributed by atoms with van der Waals surface area (Å²) < 4.78 is 31.6. The van der Waals surface area contributed by atoms with E-state index >= 15 is 0 Å². The highest BCUT2D eigenvalue weighted by molar-refractivity contribution is 7.89. The maximum Gasteiger partial charge on any atom is 0.245 e. The fourth-order valence-corrected chi connectivity index (χ4v) is 3.83. The number of anilines is 1. The molecule has 18 heavy (non-hydrogen) atoms. The van der Waals surface area contributed by atoms with Gasteiger partial charge < -0.3 is 10.5 Å². The Balaban J connectivity index is 2.41. The lowest BCUT2D eigenvalue weighted by Gasteiger charge is -2.32. The lowest BCUT2D eigenvalue weighted by Crippen LogP contribution is -2.47. The Bertz CT molecular complexity index is 547. The van der Waals surface area contributed by atoms with E-state index in [1.807, 2.05) is 6.92 Å². The zero-order chi connectivity index (χ0) is 13.3. The number of hydrogen-bond donors (Lipinski definition) is 1. The van der Waals surface area contributed by atoms with Crippen LogP contribution in [0.5, 0.6) is 0 Å². The highest BCUT2D eigenvalue weighted by Gasteiger charge is 2.32. The van der Waals surface area contributed by atoms with Crippen molar-refractivity contribution in [1.82, 2.24) is 4.31 Å². The molecule has 0 amide bonds. The Labute approximate surface area is 112 Å². The zero-order valence-corrected chi connectivity index (χ0v) is 11.5. The molecule has 0 aliphatic carbocycles. The summed E-state index contributed by atoms with van der Waals surface area (Å²) in [5, 5.41) is 0.418. The minimum atomic E-state index is -3.59. The summed E-state index contributed by atoms with van der Waals surface area (Å²) in [5.74, 6) is 0. The summed E-state index contributed by atoms with van der Waals surface area (Å²) in [7, 11) is -3.59. The van der Waals surface area contributed by atoms with Gasteiger partial charge in [0, 0.05) is 17.6 Å². The lowest BCUT2D eigenvalue weighted by atomic mass is 10.3. The van der Waals surface area contributed by atoms with Crippen LogP contribution in [0.4, 0.5) is 5.69 Å². The Morgan fingerprint density at radius 1 is 1.50 bits per heavy atom. The molecule has 1 unspecified atom stereocenters. The van der Waals surface area contributed by atoms with Gasteiger partial charge in [-0.2, -0.15) is 4.31 Å². The number of rotatable bonds is 2. The van der Waals surface area contributed by atoms with Crippen LogP contribution in [0.2, 0.25) is 5.02 Å². The van der Waals surface area contributed by atoms with Crippen molar-refractivity contribution in [2.45, 2.75) is 17.9 Å². The molecule has 1 aliphatic heterocycles. The average Bonchev–Trinajstić information content (AvgIpc) is 2.28. The number of benzene rings is 1. The van der Waals surface area contributed by atoms with Crippen LogP contribution in [0.3, 0.4) is 0 Å². The predicted molar refractivity (Wildman–Crippen MR) is 70.0 cm³/mol. The van der Waals surface area contributed by atoms with Crippen LogP contribution >= 0.6 is 11.6 Å². The van der Waals surface area contributed by atoms with Gasteiger partial charge in [-0.3, -0.25) is 0 Å². The molecule has 1 fully saturated rings. The van der Waals surface area contributed by atoms with E-state index in [9.17, 15) is 8.42 Å². The number of nitrogens with zero attached hydrogens (tertiary/aromatic N) is 1. The molecule has 0 saturated carbocycles. The lowest BCUT2D eigenvalue weighted by molar-refractivity contribution is 0.0393. The smallest absolute Gasteiger partial charge is 0.245 e. The highest BCUT2D eigenvalue weighted by atomic mass is 35.5. The SMILES string of the molecule is CC1COCCN1S(=O)(=O)c1ccc(Cl)cc1N. The first kappa shape index (κ1) is 13.6. The van der Waals surface area contributed by atoms with Crippen molar-refractivity contribution in [2.75, 3.05) is 25.5 Å². The number of hydrogen-bond acceptors (Lipinski definition) is 4. The van der Waals surface area contributed by atoms with E-state index in [1.165, 1.54) is 22.5 Å². The maximum atomic E-state index is 12.5. The normalized spacial score (nSPS) is 22.0. The van der Waals surface area contributed by atoms with Crippen molar-refractivity contribution in [2.24, 2.45) is 0 Å². The molecular formula is C11H15ClN2O3S. The monoisotopic (exact) mass is 290 g/mol. The highest BCUT2D eigenvalue weighted by Crippen LogP contribution is 2.27. The van der Waals surface area contributed by atoms with Crippen LogP contribution in [-0.4, -0.2) is 38.5 Å². The number of nitrogen functional groups attached to an aromatic ring is 1. The van der Waals surface area contributed by atoms with E-state index in [2.05, 4.69) is 0 Å². The van der Waals surface area contributed by atoms with Gasteiger partial charge in [-0.25, -0.2) is 8.42 Å². The quantitative estimate of drug-likeness (QED) is 0.834. The number of ether oxygens (including phenoxy) is 1. The number of halogens is 1. The molecule has 0 radical (unpaired) electrons. The van der Waals surface area contributed by atoms with Gasteiger partial charge in [-0.05, 0) is 25.1 Å².